The lowest BCUT2D eigenvalue weighted by Crippen LogP contribution is -2.37. The van der Waals surface area contributed by atoms with E-state index < -0.39 is 0 Å². The largest absolute Gasteiger partial charge is 0.467 e. The molecular weight excluding hydrogens is 348 g/mol. The van der Waals surface area contributed by atoms with E-state index in [9.17, 15) is 9.59 Å². The van der Waals surface area contributed by atoms with Crippen LogP contribution in [0.25, 0.3) is 0 Å². The molecule has 0 aliphatic rings. The van der Waals surface area contributed by atoms with Crippen molar-refractivity contribution in [3.05, 3.63) is 76.9 Å². The van der Waals surface area contributed by atoms with Gasteiger partial charge < -0.3 is 14.6 Å². The molecule has 2 heterocycles. The molecule has 5 nitrogen and oxygen atoms in total. The SMILES string of the molecule is O=C(CN(Cc1ccco1)C(=O)CCc1ccsc1)Nc1ccccc1. The molecule has 0 bridgehead atoms. The highest BCUT2D eigenvalue weighted by atomic mass is 32.1. The monoisotopic (exact) mass is 368 g/mol. The molecule has 2 aromatic heterocycles. The molecule has 0 saturated carbocycles. The lowest BCUT2D eigenvalue weighted by atomic mass is 10.2. The van der Waals surface area contributed by atoms with Crippen LogP contribution in [-0.4, -0.2) is 23.3 Å². The van der Waals surface area contributed by atoms with E-state index in [0.29, 0.717) is 24.3 Å². The van der Waals surface area contributed by atoms with Gasteiger partial charge in [0.1, 0.15) is 12.3 Å². The van der Waals surface area contributed by atoms with Gasteiger partial charge in [0.25, 0.3) is 0 Å². The average Bonchev–Trinajstić information content (AvgIpc) is 3.34. The molecule has 0 spiro atoms. The molecule has 0 aliphatic carbocycles. The molecule has 26 heavy (non-hydrogen) atoms. The zero-order chi connectivity index (χ0) is 18.2. The molecule has 0 atom stereocenters. The normalized spacial score (nSPS) is 10.5. The van der Waals surface area contributed by atoms with Crippen LogP contribution in [0, 0.1) is 0 Å². The van der Waals surface area contributed by atoms with Crippen molar-refractivity contribution in [1.29, 1.82) is 0 Å². The van der Waals surface area contributed by atoms with Crippen LogP contribution >= 0.6 is 11.3 Å². The van der Waals surface area contributed by atoms with Crippen molar-refractivity contribution in [3.8, 4) is 0 Å². The summed E-state index contributed by atoms with van der Waals surface area (Å²) in [4.78, 5) is 26.5. The number of hydrogen-bond donors (Lipinski definition) is 1. The number of nitrogens with zero attached hydrogens (tertiary/aromatic N) is 1. The van der Waals surface area contributed by atoms with E-state index >= 15 is 0 Å². The van der Waals surface area contributed by atoms with E-state index in [4.69, 9.17) is 4.42 Å². The summed E-state index contributed by atoms with van der Waals surface area (Å²) >= 11 is 1.61. The van der Waals surface area contributed by atoms with Crippen molar-refractivity contribution in [1.82, 2.24) is 4.90 Å². The third-order valence-electron chi connectivity index (χ3n) is 3.88. The maximum atomic E-state index is 12.7. The van der Waals surface area contributed by atoms with Crippen LogP contribution in [-0.2, 0) is 22.6 Å². The molecule has 6 heteroatoms. The van der Waals surface area contributed by atoms with Crippen LogP contribution in [0.15, 0.2) is 70.0 Å². The van der Waals surface area contributed by atoms with Crippen molar-refractivity contribution in [2.24, 2.45) is 0 Å². The fourth-order valence-corrected chi connectivity index (χ4v) is 3.27. The number of carbonyl (C=O) groups is 2. The van der Waals surface area contributed by atoms with E-state index in [0.717, 1.165) is 5.56 Å². The molecule has 3 aromatic rings. The van der Waals surface area contributed by atoms with Crippen LogP contribution in [0.2, 0.25) is 0 Å². The van der Waals surface area contributed by atoms with Crippen molar-refractivity contribution in [2.45, 2.75) is 19.4 Å². The van der Waals surface area contributed by atoms with Gasteiger partial charge in [0.2, 0.25) is 11.8 Å². The summed E-state index contributed by atoms with van der Waals surface area (Å²) in [6.07, 6.45) is 2.58. The first-order chi connectivity index (χ1) is 12.7. The molecule has 1 N–H and O–H groups in total. The van der Waals surface area contributed by atoms with Crippen molar-refractivity contribution in [2.75, 3.05) is 11.9 Å². The van der Waals surface area contributed by atoms with Gasteiger partial charge in [0.05, 0.1) is 12.8 Å². The third kappa shape index (κ3) is 5.32. The fourth-order valence-electron chi connectivity index (χ4n) is 2.56. The predicted octanol–water partition coefficient (Wildman–Crippen LogP) is 3.94. The van der Waals surface area contributed by atoms with Gasteiger partial charge in [-0.3, -0.25) is 9.59 Å². The lowest BCUT2D eigenvalue weighted by Gasteiger charge is -2.21. The van der Waals surface area contributed by atoms with E-state index in [-0.39, 0.29) is 24.9 Å². The van der Waals surface area contributed by atoms with Gasteiger partial charge >= 0.3 is 0 Å². The minimum absolute atomic E-state index is 0.0158. The Hall–Kier alpha value is -2.86. The fraction of sp³-hybridized carbons (Fsp3) is 0.200. The highest BCUT2D eigenvalue weighted by Gasteiger charge is 2.19. The molecule has 0 fully saturated rings. The second-order valence-corrected chi connectivity index (χ2v) is 6.65. The zero-order valence-corrected chi connectivity index (χ0v) is 15.1. The number of rotatable bonds is 8. The van der Waals surface area contributed by atoms with Crippen LogP contribution in [0.5, 0.6) is 0 Å². The Morgan fingerprint density at radius 1 is 1.08 bits per heavy atom. The summed E-state index contributed by atoms with van der Waals surface area (Å²) < 4.78 is 5.34. The van der Waals surface area contributed by atoms with Gasteiger partial charge in [0, 0.05) is 12.1 Å². The standard InChI is InChI=1S/C20H20N2O3S/c23-19(21-17-5-2-1-3-6-17)14-22(13-18-7-4-11-25-18)20(24)9-8-16-10-12-26-15-16/h1-7,10-12,15H,8-9,13-14H2,(H,21,23). The first-order valence-corrected chi connectivity index (χ1v) is 9.31. The summed E-state index contributed by atoms with van der Waals surface area (Å²) in [5, 5.41) is 6.84. The van der Waals surface area contributed by atoms with Gasteiger partial charge in [0.15, 0.2) is 0 Å². The average molecular weight is 368 g/mol. The van der Waals surface area contributed by atoms with E-state index in [1.165, 1.54) is 4.90 Å². The van der Waals surface area contributed by atoms with Crippen LogP contribution < -0.4 is 5.32 Å². The Kier molecular flexibility index (Phi) is 6.22. The van der Waals surface area contributed by atoms with Gasteiger partial charge in [-0.1, -0.05) is 18.2 Å². The zero-order valence-electron chi connectivity index (χ0n) is 14.3. The number of nitrogens with one attached hydrogen (secondary N) is 1. The minimum Gasteiger partial charge on any atom is -0.467 e. The Morgan fingerprint density at radius 3 is 2.62 bits per heavy atom. The molecule has 3 rings (SSSR count). The maximum absolute atomic E-state index is 12.7. The highest BCUT2D eigenvalue weighted by Crippen LogP contribution is 2.12. The highest BCUT2D eigenvalue weighted by molar-refractivity contribution is 7.07. The van der Waals surface area contributed by atoms with Crippen LogP contribution in [0.3, 0.4) is 0 Å². The number of anilines is 1. The van der Waals surface area contributed by atoms with Gasteiger partial charge in [-0.15, -0.1) is 0 Å². The summed E-state index contributed by atoms with van der Waals surface area (Å²) in [6, 6.07) is 14.8. The maximum Gasteiger partial charge on any atom is 0.244 e. The predicted molar refractivity (Wildman–Crippen MR) is 102 cm³/mol. The Bertz CT molecular complexity index is 814. The van der Waals surface area contributed by atoms with E-state index in [1.807, 2.05) is 47.2 Å². The van der Waals surface area contributed by atoms with Gasteiger partial charge in [-0.25, -0.2) is 0 Å². The second-order valence-electron chi connectivity index (χ2n) is 5.87. The molecule has 0 aliphatic heterocycles. The molecule has 134 valence electrons. The van der Waals surface area contributed by atoms with E-state index in [2.05, 4.69) is 5.32 Å². The molecule has 2 amide bonds. The van der Waals surface area contributed by atoms with Crippen LogP contribution in [0.4, 0.5) is 5.69 Å². The quantitative estimate of drug-likeness (QED) is 0.655. The Balaban J connectivity index is 1.62. The van der Waals surface area contributed by atoms with Crippen molar-refractivity contribution < 1.29 is 14.0 Å². The third-order valence-corrected chi connectivity index (χ3v) is 4.61. The topological polar surface area (TPSA) is 62.6 Å². The Morgan fingerprint density at radius 2 is 1.92 bits per heavy atom. The number of carbonyl (C=O) groups excluding carboxylic acids is 2. The smallest absolute Gasteiger partial charge is 0.244 e. The summed E-state index contributed by atoms with van der Waals surface area (Å²) in [5.74, 6) is 0.351. The number of para-hydroxylation sites is 1. The number of thiophene rings is 1. The van der Waals surface area contributed by atoms with Crippen molar-refractivity contribution in [3.63, 3.8) is 0 Å². The summed E-state index contributed by atoms with van der Waals surface area (Å²) in [7, 11) is 0. The molecule has 0 unspecified atom stereocenters. The van der Waals surface area contributed by atoms with Gasteiger partial charge in [-0.05, 0) is 53.1 Å². The number of benzene rings is 1. The van der Waals surface area contributed by atoms with Crippen LogP contribution in [0.1, 0.15) is 17.7 Å². The molecular formula is C20H20N2O3S. The number of hydrogen-bond acceptors (Lipinski definition) is 4. The lowest BCUT2D eigenvalue weighted by molar-refractivity contribution is -0.135. The number of amides is 2. The number of furan rings is 1. The van der Waals surface area contributed by atoms with Gasteiger partial charge in [-0.2, -0.15) is 11.3 Å². The summed E-state index contributed by atoms with van der Waals surface area (Å²) in [6.45, 7) is 0.260. The first kappa shape index (κ1) is 17.9. The molecule has 0 radical (unpaired) electrons. The first-order valence-electron chi connectivity index (χ1n) is 8.37. The Labute approximate surface area is 156 Å². The summed E-state index contributed by atoms with van der Waals surface area (Å²) in [5.41, 5.74) is 1.84. The second kappa shape index (κ2) is 9.01. The minimum atomic E-state index is -0.230. The van der Waals surface area contributed by atoms with Crippen molar-refractivity contribution >= 4 is 28.8 Å². The number of aryl methyl sites for hydroxylation is 1. The molecule has 0 saturated heterocycles. The van der Waals surface area contributed by atoms with E-state index in [1.54, 1.807) is 29.7 Å². The molecule has 1 aromatic carbocycles.